The highest BCUT2D eigenvalue weighted by molar-refractivity contribution is 6.08. The highest BCUT2D eigenvalue weighted by atomic mass is 16.2. The second kappa shape index (κ2) is 12.1. The first kappa shape index (κ1) is 28.2. The van der Waals surface area contributed by atoms with Gasteiger partial charge in [-0.15, -0.1) is 0 Å². The van der Waals surface area contributed by atoms with E-state index in [1.807, 2.05) is 18.8 Å². The number of nitrogens with one attached hydrogen (secondary N) is 2. The number of fused-ring (bicyclic) bond motifs is 1. The Hall–Kier alpha value is -2.98. The smallest absolute Gasteiger partial charge is 0.329 e. The van der Waals surface area contributed by atoms with Crippen LogP contribution >= 0.6 is 0 Å². The number of piperidine rings is 2. The van der Waals surface area contributed by atoms with E-state index in [4.69, 9.17) is 0 Å². The van der Waals surface area contributed by atoms with Crippen LogP contribution in [-0.4, -0.2) is 89.8 Å². The van der Waals surface area contributed by atoms with Crippen LogP contribution in [0.2, 0.25) is 0 Å². The number of rotatable bonds is 6. The van der Waals surface area contributed by atoms with Crippen molar-refractivity contribution in [3.63, 3.8) is 0 Å². The Morgan fingerprint density at radius 2 is 1.71 bits per heavy atom. The number of hydrogen-bond donors (Lipinski definition) is 2. The van der Waals surface area contributed by atoms with E-state index in [9.17, 15) is 14.4 Å². The van der Waals surface area contributed by atoms with Gasteiger partial charge in [-0.2, -0.15) is 5.10 Å². The first-order valence-corrected chi connectivity index (χ1v) is 15.7. The molecule has 1 aromatic carbocycles. The zero-order valence-electron chi connectivity index (χ0n) is 24.6. The van der Waals surface area contributed by atoms with Crippen LogP contribution in [0.15, 0.2) is 18.2 Å². The van der Waals surface area contributed by atoms with Gasteiger partial charge in [0, 0.05) is 57.0 Å². The Labute approximate surface area is 242 Å². The van der Waals surface area contributed by atoms with Crippen LogP contribution in [-0.2, 0) is 16.6 Å². The lowest BCUT2D eigenvalue weighted by Gasteiger charge is -2.39. The molecule has 0 unspecified atom stereocenters. The average Bonchev–Trinajstić information content (AvgIpc) is 3.33. The molecule has 3 aliphatic heterocycles. The van der Waals surface area contributed by atoms with Gasteiger partial charge < -0.3 is 15.1 Å². The van der Waals surface area contributed by atoms with Gasteiger partial charge in [-0.3, -0.25) is 24.5 Å². The Morgan fingerprint density at radius 1 is 0.976 bits per heavy atom. The first-order valence-electron chi connectivity index (χ1n) is 15.7. The van der Waals surface area contributed by atoms with E-state index in [1.165, 1.54) is 5.56 Å². The van der Waals surface area contributed by atoms with Gasteiger partial charge in [-0.1, -0.05) is 6.07 Å². The van der Waals surface area contributed by atoms with Crippen LogP contribution in [0.25, 0.3) is 10.9 Å². The molecule has 4 fully saturated rings. The normalized spacial score (nSPS) is 25.6. The first-order chi connectivity index (χ1) is 19.9. The number of aryl methyl sites for hydroxylation is 1. The van der Waals surface area contributed by atoms with Crippen molar-refractivity contribution in [2.75, 3.05) is 51.2 Å². The molecule has 10 heteroatoms. The molecule has 4 aliphatic rings. The molecule has 222 valence electrons. The largest absolute Gasteiger partial charge is 0.342 e. The molecule has 0 radical (unpaired) electrons. The molecule has 4 amide bonds. The minimum atomic E-state index is -0.401. The third kappa shape index (κ3) is 6.00. The third-order valence-electron chi connectivity index (χ3n) is 10.2. The van der Waals surface area contributed by atoms with Crippen molar-refractivity contribution >= 4 is 34.6 Å². The number of carbonyl (C=O) groups excluding carboxylic acids is 3. The molecule has 1 aliphatic carbocycles. The number of carbonyl (C=O) groups is 3. The van der Waals surface area contributed by atoms with Crippen LogP contribution in [0.3, 0.4) is 0 Å². The predicted molar refractivity (Wildman–Crippen MR) is 159 cm³/mol. The maximum absolute atomic E-state index is 13.1. The van der Waals surface area contributed by atoms with Crippen molar-refractivity contribution in [1.82, 2.24) is 30.2 Å². The molecule has 1 saturated carbocycles. The number of anilines is 1. The van der Waals surface area contributed by atoms with Gasteiger partial charge >= 0.3 is 6.03 Å². The molecule has 0 atom stereocenters. The summed E-state index contributed by atoms with van der Waals surface area (Å²) in [6, 6.07) is 6.70. The maximum Gasteiger partial charge on any atom is 0.329 e. The fraction of sp³-hybridized carbons (Fsp3) is 0.677. The van der Waals surface area contributed by atoms with Crippen LogP contribution in [0.5, 0.6) is 0 Å². The molecular formula is C31H45N7O3. The van der Waals surface area contributed by atoms with Crippen LogP contribution in [0, 0.1) is 11.8 Å². The van der Waals surface area contributed by atoms with Crippen molar-refractivity contribution in [3.05, 3.63) is 23.8 Å². The number of benzene rings is 1. The summed E-state index contributed by atoms with van der Waals surface area (Å²) in [5, 5.41) is 11.3. The molecule has 1 aromatic heterocycles. The van der Waals surface area contributed by atoms with Crippen molar-refractivity contribution in [2.45, 2.75) is 69.7 Å². The number of likely N-dealkylation sites (tertiary alicyclic amines) is 2. The lowest BCUT2D eigenvalue weighted by Crippen LogP contribution is -2.49. The number of imide groups is 1. The highest BCUT2D eigenvalue weighted by Crippen LogP contribution is 2.34. The molecule has 6 rings (SSSR count). The lowest BCUT2D eigenvalue weighted by molar-refractivity contribution is -0.138. The lowest BCUT2D eigenvalue weighted by atomic mass is 9.84. The van der Waals surface area contributed by atoms with Crippen molar-refractivity contribution < 1.29 is 14.4 Å². The molecular weight excluding hydrogens is 518 g/mol. The molecule has 0 spiro atoms. The molecule has 10 nitrogen and oxygen atoms in total. The minimum absolute atomic E-state index is 0.237. The standard InChI is InChI=1S/C31H45N7O3/c1-32-25-6-3-23(4-7-25)30(40)37-16-9-21(10-17-37)20-36-14-11-22(12-15-36)24-5-8-26-27(19-24)35(2)34-29(26)38-18-13-28(39)33-31(38)41/h5,8,19,21-23,25,32H,3-4,6-7,9-18,20H2,1-2H3,(H,33,39,41). The molecule has 2 aromatic rings. The molecule has 3 saturated heterocycles. The molecule has 41 heavy (non-hydrogen) atoms. The summed E-state index contributed by atoms with van der Waals surface area (Å²) in [4.78, 5) is 43.4. The van der Waals surface area contributed by atoms with Crippen LogP contribution in [0.1, 0.15) is 69.3 Å². The van der Waals surface area contributed by atoms with Gasteiger partial charge in [0.05, 0.1) is 5.52 Å². The number of hydrogen-bond acceptors (Lipinski definition) is 6. The Balaban J connectivity index is 0.988. The van der Waals surface area contributed by atoms with Gasteiger partial charge in [0.15, 0.2) is 5.82 Å². The molecule has 2 N–H and O–H groups in total. The van der Waals surface area contributed by atoms with Crippen molar-refractivity contribution in [1.29, 1.82) is 0 Å². The highest BCUT2D eigenvalue weighted by Gasteiger charge is 2.33. The number of nitrogens with zero attached hydrogens (tertiary/aromatic N) is 5. The summed E-state index contributed by atoms with van der Waals surface area (Å²) in [5.41, 5.74) is 2.35. The fourth-order valence-electron chi connectivity index (χ4n) is 7.51. The second-order valence-electron chi connectivity index (χ2n) is 12.7. The van der Waals surface area contributed by atoms with Gasteiger partial charge in [0.1, 0.15) is 0 Å². The summed E-state index contributed by atoms with van der Waals surface area (Å²) in [6.45, 7) is 5.56. The monoisotopic (exact) mass is 563 g/mol. The fourth-order valence-corrected chi connectivity index (χ4v) is 7.51. The average molecular weight is 564 g/mol. The van der Waals surface area contributed by atoms with E-state index in [-0.39, 0.29) is 18.2 Å². The quantitative estimate of drug-likeness (QED) is 0.560. The summed E-state index contributed by atoms with van der Waals surface area (Å²) in [5.74, 6) is 2.22. The summed E-state index contributed by atoms with van der Waals surface area (Å²) < 4.78 is 1.84. The Kier molecular flexibility index (Phi) is 8.30. The summed E-state index contributed by atoms with van der Waals surface area (Å²) in [7, 11) is 3.94. The van der Waals surface area contributed by atoms with Crippen molar-refractivity contribution in [3.8, 4) is 0 Å². The van der Waals surface area contributed by atoms with E-state index >= 15 is 0 Å². The third-order valence-corrected chi connectivity index (χ3v) is 10.2. The number of amides is 4. The molecule has 4 heterocycles. The van der Waals surface area contributed by atoms with E-state index in [1.54, 1.807) is 4.90 Å². The summed E-state index contributed by atoms with van der Waals surface area (Å²) in [6.07, 6.45) is 9.13. The Morgan fingerprint density at radius 3 is 2.39 bits per heavy atom. The molecule has 0 bridgehead atoms. The van der Waals surface area contributed by atoms with Gasteiger partial charge in [0.2, 0.25) is 11.8 Å². The topological polar surface area (TPSA) is 103 Å². The Bertz CT molecular complexity index is 1270. The maximum atomic E-state index is 13.1. The van der Waals surface area contributed by atoms with E-state index < -0.39 is 6.03 Å². The zero-order valence-corrected chi connectivity index (χ0v) is 24.6. The van der Waals surface area contributed by atoms with Crippen LogP contribution in [0.4, 0.5) is 10.6 Å². The van der Waals surface area contributed by atoms with Gasteiger partial charge in [0.25, 0.3) is 0 Å². The minimum Gasteiger partial charge on any atom is -0.342 e. The SMILES string of the molecule is CNC1CCC(C(=O)N2CCC(CN3CCC(c4ccc5c(N6CCC(=O)NC6=O)nn(C)c5c4)CC3)CC2)CC1. The van der Waals surface area contributed by atoms with Gasteiger partial charge in [-0.25, -0.2) is 4.79 Å². The summed E-state index contributed by atoms with van der Waals surface area (Å²) >= 11 is 0. The van der Waals surface area contributed by atoms with Crippen molar-refractivity contribution in [2.24, 2.45) is 18.9 Å². The second-order valence-corrected chi connectivity index (χ2v) is 12.7. The van der Waals surface area contributed by atoms with Gasteiger partial charge in [-0.05, 0) is 101 Å². The zero-order chi connectivity index (χ0) is 28.5. The number of aromatic nitrogens is 2. The van der Waals surface area contributed by atoms with Crippen LogP contribution < -0.4 is 15.5 Å². The van der Waals surface area contributed by atoms with E-state index in [0.717, 1.165) is 95.0 Å². The predicted octanol–water partition coefficient (Wildman–Crippen LogP) is 3.22. The number of urea groups is 1. The van der Waals surface area contributed by atoms with E-state index in [0.29, 0.717) is 36.1 Å². The van der Waals surface area contributed by atoms with E-state index in [2.05, 4.69) is 43.7 Å².